The van der Waals surface area contributed by atoms with Gasteiger partial charge >= 0.3 is 90.0 Å². The molecule has 34 heteroatoms. The number of Topliss-reactive ketones (excluding diaryl/α,β-unsaturated/α-hetero) is 1. The Labute approximate surface area is 248 Å². The van der Waals surface area contributed by atoms with Crippen LogP contribution in [0.1, 0.15) is 0 Å². The molecule has 1 aliphatic rings. The third kappa shape index (κ3) is 5.62. The first-order valence-corrected chi connectivity index (χ1v) is 10.3. The van der Waals surface area contributed by atoms with Crippen LogP contribution in [0, 0.1) is 0 Å². The maximum atomic E-state index is 14.9. The molecule has 4 nitrogen and oxygen atoms in total. The quantitative estimate of drug-likeness (QED) is 0.230. The number of alkyl halides is 30. The summed E-state index contributed by atoms with van der Waals surface area (Å²) < 4.78 is 406. The molecular weight excluding hydrogens is 826 g/mol. The van der Waals surface area contributed by atoms with Crippen LogP contribution in [-0.4, -0.2) is 95.7 Å². The normalized spacial score (nSPS) is 29.3. The summed E-state index contributed by atoms with van der Waals surface area (Å²) >= 11 is 0. The summed E-state index contributed by atoms with van der Waals surface area (Å²) in [5.41, 5.74) is -9.75. The minimum atomic E-state index is -9.91. The molecule has 0 N–H and O–H groups in total. The second-order valence-electron chi connectivity index (χ2n) is 8.92. The van der Waals surface area contributed by atoms with Gasteiger partial charge in [-0.05, 0) is 0 Å². The van der Waals surface area contributed by atoms with E-state index in [1.165, 1.54) is 14.2 Å². The molecule has 0 bridgehead atoms. The molecular formula is C16F30O4. The van der Waals surface area contributed by atoms with E-state index in [1.54, 1.807) is 0 Å². The van der Waals surface area contributed by atoms with Gasteiger partial charge in [0.05, 0.1) is 0 Å². The lowest BCUT2D eigenvalue weighted by Crippen LogP contribution is -2.80. The number of carbonyl (C=O) groups is 1. The second-order valence-corrected chi connectivity index (χ2v) is 8.92. The van der Waals surface area contributed by atoms with Crippen molar-refractivity contribution in [3.8, 4) is 0 Å². The fourth-order valence-electron chi connectivity index (χ4n) is 3.02. The van der Waals surface area contributed by atoms with E-state index in [-0.39, 0.29) is 0 Å². The topological polar surface area (TPSA) is 44.8 Å². The van der Waals surface area contributed by atoms with E-state index in [0.717, 1.165) is 0 Å². The largest absolute Gasteiger partial charge is 0.460 e. The molecule has 1 saturated heterocycles. The minimum Gasteiger partial charge on any atom is -0.289 e. The van der Waals surface area contributed by atoms with Gasteiger partial charge in [-0.1, -0.05) is 0 Å². The van der Waals surface area contributed by atoms with Crippen molar-refractivity contribution in [2.45, 2.75) is 90.0 Å². The summed E-state index contributed by atoms with van der Waals surface area (Å²) in [6, 6.07) is -8.64. The van der Waals surface area contributed by atoms with E-state index in [4.69, 9.17) is 0 Å². The number of ketones is 1. The van der Waals surface area contributed by atoms with Crippen molar-refractivity contribution in [2.75, 3.05) is 0 Å². The van der Waals surface area contributed by atoms with Gasteiger partial charge in [-0.25, -0.2) is 4.39 Å². The molecule has 0 aromatic rings. The number of hydrogen-bond acceptors (Lipinski definition) is 4. The van der Waals surface area contributed by atoms with Crippen LogP contribution >= 0.6 is 0 Å². The Morgan fingerprint density at radius 1 is 0.420 bits per heavy atom. The van der Waals surface area contributed by atoms with Gasteiger partial charge in [-0.2, -0.15) is 127 Å². The zero-order valence-electron chi connectivity index (χ0n) is 21.0. The molecule has 1 heterocycles. The summed E-state index contributed by atoms with van der Waals surface area (Å²) in [5, 5.41) is 0. The predicted octanol–water partition coefficient (Wildman–Crippen LogP) is 8.89. The van der Waals surface area contributed by atoms with Gasteiger partial charge in [0.1, 0.15) is 0 Å². The molecule has 5 atom stereocenters. The third-order valence-corrected chi connectivity index (χ3v) is 5.63. The molecule has 0 spiro atoms. The molecule has 0 amide bonds. The van der Waals surface area contributed by atoms with Crippen molar-refractivity contribution in [1.82, 2.24) is 0 Å². The van der Waals surface area contributed by atoms with Crippen LogP contribution in [0.25, 0.3) is 0 Å². The van der Waals surface area contributed by atoms with E-state index in [1.807, 2.05) is 0 Å². The lowest BCUT2D eigenvalue weighted by atomic mass is 9.81. The molecule has 1 aliphatic heterocycles. The average molecular weight is 826 g/mol. The van der Waals surface area contributed by atoms with Gasteiger partial charge in [-0.15, -0.1) is 0 Å². The van der Waals surface area contributed by atoms with Gasteiger partial charge in [-0.3, -0.25) is 19.0 Å². The Morgan fingerprint density at radius 3 is 1.04 bits per heavy atom. The van der Waals surface area contributed by atoms with E-state index in [0.29, 0.717) is 0 Å². The fourth-order valence-corrected chi connectivity index (χ4v) is 3.02. The molecule has 5 unspecified atom stereocenters. The standard InChI is InChI=1S/C16F30O4/c17-2(10(29,30)31,4(19,20)5(21,22)6(23,24)7(25,26)12(35,36)37)1(47)3(18,11(32,33)34)48-16(46)9(28,14(41,42)43)49-15(44,45)8(27,50-16)13(38,39)40. The molecule has 1 fully saturated rings. The smallest absolute Gasteiger partial charge is 0.289 e. The lowest BCUT2D eigenvalue weighted by molar-refractivity contribution is -0.645. The Bertz CT molecular complexity index is 1300. The molecule has 298 valence electrons. The highest BCUT2D eigenvalue weighted by Crippen LogP contribution is 2.66. The van der Waals surface area contributed by atoms with Crippen LogP contribution in [0.3, 0.4) is 0 Å². The zero-order chi connectivity index (χ0) is 41.2. The highest BCUT2D eigenvalue weighted by Gasteiger charge is 2.98. The first kappa shape index (κ1) is 45.5. The van der Waals surface area contributed by atoms with Crippen molar-refractivity contribution in [3.63, 3.8) is 0 Å². The Hall–Kier alpha value is -2.55. The van der Waals surface area contributed by atoms with Crippen LogP contribution in [0.4, 0.5) is 132 Å². The maximum Gasteiger partial charge on any atom is 0.460 e. The number of halogens is 30. The lowest BCUT2D eigenvalue weighted by Gasteiger charge is -2.51. The van der Waals surface area contributed by atoms with Crippen LogP contribution < -0.4 is 0 Å². The van der Waals surface area contributed by atoms with E-state index in [9.17, 15) is 137 Å². The van der Waals surface area contributed by atoms with Gasteiger partial charge in [0.25, 0.3) is 5.78 Å². The highest BCUT2D eigenvalue weighted by atomic mass is 19.4. The average Bonchev–Trinajstić information content (AvgIpc) is 2.82. The van der Waals surface area contributed by atoms with Crippen molar-refractivity contribution in [1.29, 1.82) is 0 Å². The van der Waals surface area contributed by atoms with Crippen LogP contribution in [0.15, 0.2) is 0 Å². The van der Waals surface area contributed by atoms with E-state index in [2.05, 4.69) is 0 Å². The molecule has 0 saturated carbocycles. The summed E-state index contributed by atoms with van der Waals surface area (Å²) in [5.74, 6) is -70.7. The Morgan fingerprint density at radius 2 is 0.760 bits per heavy atom. The van der Waals surface area contributed by atoms with Gasteiger partial charge < -0.3 is 0 Å². The van der Waals surface area contributed by atoms with Gasteiger partial charge in [0, 0.05) is 0 Å². The van der Waals surface area contributed by atoms with Crippen LogP contribution in [-0.2, 0) is 19.0 Å². The van der Waals surface area contributed by atoms with Gasteiger partial charge in [0.15, 0.2) is 0 Å². The highest BCUT2D eigenvalue weighted by molar-refractivity contribution is 5.96. The van der Waals surface area contributed by atoms with E-state index >= 15 is 0 Å². The monoisotopic (exact) mass is 826 g/mol. The van der Waals surface area contributed by atoms with Crippen LogP contribution in [0.5, 0.6) is 0 Å². The third-order valence-electron chi connectivity index (χ3n) is 5.63. The second kappa shape index (κ2) is 11.0. The summed E-state index contributed by atoms with van der Waals surface area (Å²) in [4.78, 5) is 11.7. The fraction of sp³-hybridized carbons (Fsp3) is 0.938. The first-order chi connectivity index (χ1) is 21.0. The van der Waals surface area contributed by atoms with Crippen molar-refractivity contribution in [2.24, 2.45) is 0 Å². The molecule has 0 aliphatic carbocycles. The van der Waals surface area contributed by atoms with Crippen LogP contribution in [0.2, 0.25) is 0 Å². The predicted molar refractivity (Wildman–Crippen MR) is 82.5 cm³/mol. The minimum absolute atomic E-state index is 1.22. The zero-order valence-corrected chi connectivity index (χ0v) is 21.0. The van der Waals surface area contributed by atoms with Crippen molar-refractivity contribution in [3.05, 3.63) is 0 Å². The SMILES string of the molecule is O=C(C(F)(OC1(F)OC(F)(C(F)(F)F)C(F)(F)OC1(F)C(F)(F)F)C(F)(F)F)C(F)(C(F)(F)F)C(F)(F)C(F)(F)C(F)(F)C(F)(F)C(F)(F)F. The van der Waals surface area contributed by atoms with Crippen molar-refractivity contribution >= 4 is 5.78 Å². The molecule has 50 heavy (non-hydrogen) atoms. The Kier molecular flexibility index (Phi) is 9.99. The van der Waals surface area contributed by atoms with Gasteiger partial charge in [0.2, 0.25) is 0 Å². The number of hydrogen-bond donors (Lipinski definition) is 0. The Balaban J connectivity index is 4.40. The number of ether oxygens (including phenoxy) is 3. The first-order valence-electron chi connectivity index (χ1n) is 10.3. The van der Waals surface area contributed by atoms with E-state index < -0.39 is 95.7 Å². The number of rotatable bonds is 8. The molecule has 0 aromatic carbocycles. The molecule has 0 radical (unpaired) electrons. The summed E-state index contributed by atoms with van der Waals surface area (Å²) in [6.45, 7) is 0. The number of carbonyl (C=O) groups excluding carboxylic acids is 1. The molecule has 1 rings (SSSR count). The summed E-state index contributed by atoms with van der Waals surface area (Å²) in [6.07, 6.45) is -51.0. The summed E-state index contributed by atoms with van der Waals surface area (Å²) in [7, 11) is 0. The molecule has 0 aromatic heterocycles. The maximum absolute atomic E-state index is 14.9. The van der Waals surface area contributed by atoms with Crippen molar-refractivity contribution < 1.29 is 151 Å².